The van der Waals surface area contributed by atoms with Crippen LogP contribution in [0.5, 0.6) is 0 Å². The molecule has 1 amide bonds. The minimum Gasteiger partial charge on any atom is -0.468 e. The second-order valence-electron chi connectivity index (χ2n) is 4.20. The van der Waals surface area contributed by atoms with Crippen molar-refractivity contribution in [2.75, 3.05) is 19.4 Å². The van der Waals surface area contributed by atoms with Crippen molar-refractivity contribution >= 4 is 23.6 Å². The number of ether oxygens (including phenoxy) is 1. The van der Waals surface area contributed by atoms with Crippen LogP contribution in [0.2, 0.25) is 0 Å². The first-order chi connectivity index (χ1) is 9.02. The molecule has 104 valence electrons. The second kappa shape index (κ2) is 7.84. The Bertz CT molecular complexity index is 460. The summed E-state index contributed by atoms with van der Waals surface area (Å²) in [6.07, 6.45) is 0.384. The van der Waals surface area contributed by atoms with Gasteiger partial charge in [-0.25, -0.2) is 0 Å². The third-order valence-corrected chi connectivity index (χ3v) is 3.73. The molecule has 0 saturated heterocycles. The average molecular weight is 281 g/mol. The van der Waals surface area contributed by atoms with Gasteiger partial charge in [0.15, 0.2) is 0 Å². The van der Waals surface area contributed by atoms with Crippen LogP contribution >= 0.6 is 11.8 Å². The van der Waals surface area contributed by atoms with Crippen LogP contribution in [-0.2, 0) is 14.3 Å². The zero-order valence-corrected chi connectivity index (χ0v) is 12.3. The molecule has 1 aromatic rings. The van der Waals surface area contributed by atoms with E-state index in [2.05, 4.69) is 42.1 Å². The highest BCUT2D eigenvalue weighted by atomic mass is 32.2. The van der Waals surface area contributed by atoms with Crippen LogP contribution in [0.3, 0.4) is 0 Å². The Hall–Kier alpha value is -1.49. The first-order valence-corrected chi connectivity index (χ1v) is 7.05. The van der Waals surface area contributed by atoms with Gasteiger partial charge in [0.25, 0.3) is 0 Å². The quantitative estimate of drug-likeness (QED) is 0.640. The third-order valence-electron chi connectivity index (χ3n) is 2.73. The van der Waals surface area contributed by atoms with Gasteiger partial charge < -0.3 is 10.1 Å². The first-order valence-electron chi connectivity index (χ1n) is 6.06. The lowest BCUT2D eigenvalue weighted by Gasteiger charge is -2.06. The maximum absolute atomic E-state index is 11.4. The number of hydrogen-bond acceptors (Lipinski definition) is 4. The van der Waals surface area contributed by atoms with E-state index in [1.165, 1.54) is 18.2 Å². The van der Waals surface area contributed by atoms with Gasteiger partial charge in [0, 0.05) is 17.1 Å². The molecule has 4 nitrogen and oxygen atoms in total. The van der Waals surface area contributed by atoms with E-state index in [9.17, 15) is 9.59 Å². The minimum absolute atomic E-state index is 0.0658. The molecule has 0 aliphatic heterocycles. The monoisotopic (exact) mass is 281 g/mol. The number of thioether (sulfide) groups is 1. The summed E-state index contributed by atoms with van der Waals surface area (Å²) in [5, 5.41) is 2.51. The fourth-order valence-corrected chi connectivity index (χ4v) is 2.34. The number of carbonyl (C=O) groups is 2. The Morgan fingerprint density at radius 2 is 2.00 bits per heavy atom. The maximum atomic E-state index is 11.4. The Morgan fingerprint density at radius 3 is 2.63 bits per heavy atom. The summed E-state index contributed by atoms with van der Waals surface area (Å²) in [5.41, 5.74) is 2.51. The molecule has 0 radical (unpaired) electrons. The molecule has 0 aliphatic rings. The van der Waals surface area contributed by atoms with Crippen molar-refractivity contribution in [3.05, 3.63) is 29.3 Å². The van der Waals surface area contributed by atoms with Crippen molar-refractivity contribution in [1.29, 1.82) is 0 Å². The topological polar surface area (TPSA) is 55.4 Å². The summed E-state index contributed by atoms with van der Waals surface area (Å²) >= 11 is 1.63. The van der Waals surface area contributed by atoms with Crippen molar-refractivity contribution in [3.63, 3.8) is 0 Å². The summed E-state index contributed by atoms with van der Waals surface area (Å²) in [5.74, 6) is 0.118. The summed E-state index contributed by atoms with van der Waals surface area (Å²) in [6.45, 7) is 4.08. The summed E-state index contributed by atoms with van der Waals surface area (Å²) in [6, 6.07) is 6.25. The normalized spacial score (nSPS) is 10.1. The highest BCUT2D eigenvalue weighted by Gasteiger charge is 2.05. The molecule has 0 aliphatic carbocycles. The first kappa shape index (κ1) is 15.6. The number of rotatable bonds is 6. The number of hydrogen-bond donors (Lipinski definition) is 1. The standard InChI is InChI=1S/C14H19NO3S/c1-10-4-5-12(8-11(10)2)19-7-6-13(16)15-9-14(17)18-3/h4-5,8H,6-7,9H2,1-3H3,(H,15,16). The molecule has 0 atom stereocenters. The second-order valence-corrected chi connectivity index (χ2v) is 5.37. The molecule has 0 bridgehead atoms. The maximum Gasteiger partial charge on any atom is 0.325 e. The Balaban J connectivity index is 2.28. The third kappa shape index (κ3) is 5.79. The Kier molecular flexibility index (Phi) is 6.42. The van der Waals surface area contributed by atoms with E-state index < -0.39 is 5.97 Å². The Morgan fingerprint density at radius 1 is 1.26 bits per heavy atom. The molecule has 0 fully saturated rings. The summed E-state index contributed by atoms with van der Waals surface area (Å²) < 4.78 is 4.44. The lowest BCUT2D eigenvalue weighted by atomic mass is 10.1. The van der Waals surface area contributed by atoms with Gasteiger partial charge in [-0.1, -0.05) is 6.07 Å². The van der Waals surface area contributed by atoms with Crippen LogP contribution in [0.1, 0.15) is 17.5 Å². The molecule has 1 N–H and O–H groups in total. The number of methoxy groups -OCH3 is 1. The van der Waals surface area contributed by atoms with Crippen LogP contribution in [0.4, 0.5) is 0 Å². The minimum atomic E-state index is -0.435. The molecular weight excluding hydrogens is 262 g/mol. The van der Waals surface area contributed by atoms with E-state index in [1.54, 1.807) is 11.8 Å². The van der Waals surface area contributed by atoms with Gasteiger partial charge in [-0.3, -0.25) is 9.59 Å². The molecule has 5 heteroatoms. The van der Waals surface area contributed by atoms with Crippen molar-refractivity contribution in [2.24, 2.45) is 0 Å². The zero-order valence-electron chi connectivity index (χ0n) is 11.5. The highest BCUT2D eigenvalue weighted by molar-refractivity contribution is 7.99. The number of esters is 1. The fourth-order valence-electron chi connectivity index (χ4n) is 1.40. The lowest BCUT2D eigenvalue weighted by Crippen LogP contribution is -2.30. The molecule has 0 aromatic heterocycles. The van der Waals surface area contributed by atoms with E-state index >= 15 is 0 Å². The van der Waals surface area contributed by atoms with E-state index in [0.717, 1.165) is 4.90 Å². The highest BCUT2D eigenvalue weighted by Crippen LogP contribution is 2.21. The van der Waals surface area contributed by atoms with Gasteiger partial charge in [-0.05, 0) is 37.1 Å². The van der Waals surface area contributed by atoms with Crippen LogP contribution in [-0.4, -0.2) is 31.3 Å². The number of nitrogens with one attached hydrogen (secondary N) is 1. The summed E-state index contributed by atoms with van der Waals surface area (Å²) in [7, 11) is 1.30. The Labute approximate surface area is 117 Å². The zero-order chi connectivity index (χ0) is 14.3. The molecule has 0 heterocycles. The molecule has 0 unspecified atom stereocenters. The number of amides is 1. The van der Waals surface area contributed by atoms with Crippen molar-refractivity contribution in [1.82, 2.24) is 5.32 Å². The number of benzene rings is 1. The van der Waals surface area contributed by atoms with Gasteiger partial charge in [0.1, 0.15) is 6.54 Å². The van der Waals surface area contributed by atoms with E-state index in [0.29, 0.717) is 12.2 Å². The molecule has 19 heavy (non-hydrogen) atoms. The van der Waals surface area contributed by atoms with Gasteiger partial charge in [0.2, 0.25) is 5.91 Å². The smallest absolute Gasteiger partial charge is 0.325 e. The molecule has 0 spiro atoms. The summed E-state index contributed by atoms with van der Waals surface area (Å²) in [4.78, 5) is 23.4. The molecular formula is C14H19NO3S. The SMILES string of the molecule is COC(=O)CNC(=O)CCSc1ccc(C)c(C)c1. The van der Waals surface area contributed by atoms with E-state index in [1.807, 2.05) is 0 Å². The van der Waals surface area contributed by atoms with E-state index in [4.69, 9.17) is 0 Å². The average Bonchev–Trinajstić information content (AvgIpc) is 2.40. The van der Waals surface area contributed by atoms with E-state index in [-0.39, 0.29) is 12.5 Å². The fraction of sp³-hybridized carbons (Fsp3) is 0.429. The van der Waals surface area contributed by atoms with Crippen LogP contribution in [0, 0.1) is 13.8 Å². The van der Waals surface area contributed by atoms with Gasteiger partial charge in [-0.2, -0.15) is 0 Å². The van der Waals surface area contributed by atoms with Crippen LogP contribution in [0.15, 0.2) is 23.1 Å². The predicted octanol–water partition coefficient (Wildman–Crippen LogP) is 2.07. The van der Waals surface area contributed by atoms with Crippen LogP contribution < -0.4 is 5.32 Å². The molecule has 0 saturated carbocycles. The van der Waals surface area contributed by atoms with Gasteiger partial charge in [0.05, 0.1) is 7.11 Å². The lowest BCUT2D eigenvalue weighted by molar-refractivity contribution is -0.141. The van der Waals surface area contributed by atoms with Gasteiger partial charge in [-0.15, -0.1) is 11.8 Å². The van der Waals surface area contributed by atoms with Crippen LogP contribution in [0.25, 0.3) is 0 Å². The molecule has 1 rings (SSSR count). The van der Waals surface area contributed by atoms with Crippen molar-refractivity contribution in [2.45, 2.75) is 25.2 Å². The predicted molar refractivity (Wildman–Crippen MR) is 76.3 cm³/mol. The molecule has 1 aromatic carbocycles. The van der Waals surface area contributed by atoms with Crippen molar-refractivity contribution in [3.8, 4) is 0 Å². The number of carbonyl (C=O) groups excluding carboxylic acids is 2. The largest absolute Gasteiger partial charge is 0.468 e. The van der Waals surface area contributed by atoms with Gasteiger partial charge >= 0.3 is 5.97 Å². The van der Waals surface area contributed by atoms with Crippen molar-refractivity contribution < 1.29 is 14.3 Å². The number of aryl methyl sites for hydroxylation is 2.